The van der Waals surface area contributed by atoms with Crippen LogP contribution in [0.25, 0.3) is 0 Å². The molecule has 0 radical (unpaired) electrons. The van der Waals surface area contributed by atoms with Crippen molar-refractivity contribution in [3.8, 4) is 0 Å². The molecular weight excluding hydrogens is 216 g/mol. The molecule has 2 rings (SSSR count). The zero-order valence-electron chi connectivity index (χ0n) is 8.57. The lowest BCUT2D eigenvalue weighted by Gasteiger charge is -2.34. The molecule has 3 nitrogen and oxygen atoms in total. The van der Waals surface area contributed by atoms with E-state index >= 15 is 0 Å². The molecular formula is C9H18N2OS2. The summed E-state index contributed by atoms with van der Waals surface area (Å²) in [5, 5.41) is 4.17. The fourth-order valence-corrected chi connectivity index (χ4v) is 4.18. The molecule has 0 bridgehead atoms. The lowest BCUT2D eigenvalue weighted by molar-refractivity contribution is 0.232. The first-order valence-electron chi connectivity index (χ1n) is 5.14. The summed E-state index contributed by atoms with van der Waals surface area (Å²) in [6, 6.07) is 0.669. The molecule has 2 fully saturated rings. The van der Waals surface area contributed by atoms with E-state index < -0.39 is 10.8 Å². The molecule has 2 heterocycles. The fraction of sp³-hybridized carbons (Fsp3) is 1.00. The molecule has 0 saturated carbocycles. The molecule has 0 amide bonds. The Kier molecular flexibility index (Phi) is 3.87. The molecule has 2 unspecified atom stereocenters. The lowest BCUT2D eigenvalue weighted by atomic mass is 10.2. The third kappa shape index (κ3) is 2.32. The molecule has 0 spiro atoms. The van der Waals surface area contributed by atoms with Crippen LogP contribution in [0, 0.1) is 0 Å². The monoisotopic (exact) mass is 234 g/mol. The number of nitrogens with zero attached hydrogens (tertiary/aromatic N) is 1. The molecule has 2 aliphatic rings. The van der Waals surface area contributed by atoms with Crippen LogP contribution in [0.5, 0.6) is 0 Å². The predicted molar refractivity (Wildman–Crippen MR) is 63.4 cm³/mol. The van der Waals surface area contributed by atoms with E-state index in [2.05, 4.69) is 16.5 Å². The Labute approximate surface area is 92.5 Å². The Hall–Kier alpha value is 0.420. The van der Waals surface area contributed by atoms with Gasteiger partial charge in [0.15, 0.2) is 0 Å². The number of hydrogen-bond acceptors (Lipinski definition) is 4. The Bertz CT molecular complexity index is 215. The Balaban J connectivity index is 1.91. The highest BCUT2D eigenvalue weighted by Crippen LogP contribution is 2.21. The highest BCUT2D eigenvalue weighted by atomic mass is 32.2. The van der Waals surface area contributed by atoms with Crippen molar-refractivity contribution in [1.29, 1.82) is 0 Å². The van der Waals surface area contributed by atoms with Gasteiger partial charge in [-0.2, -0.15) is 11.8 Å². The molecule has 82 valence electrons. The number of hydrogen-bond donors (Lipinski definition) is 1. The van der Waals surface area contributed by atoms with Crippen LogP contribution in [0.2, 0.25) is 0 Å². The zero-order chi connectivity index (χ0) is 9.97. The summed E-state index contributed by atoms with van der Waals surface area (Å²) >= 11 is 1.95. The van der Waals surface area contributed by atoms with E-state index in [0.717, 1.165) is 42.9 Å². The molecule has 0 aromatic heterocycles. The molecule has 1 N–H and O–H groups in total. The SMILES string of the molecule is CSC1CNCC1N1CCS(=O)CC1. The number of thioether (sulfide) groups is 1. The van der Waals surface area contributed by atoms with E-state index in [1.165, 1.54) is 0 Å². The second kappa shape index (κ2) is 4.96. The summed E-state index contributed by atoms with van der Waals surface area (Å²) in [7, 11) is -0.543. The van der Waals surface area contributed by atoms with Gasteiger partial charge in [-0.25, -0.2) is 0 Å². The van der Waals surface area contributed by atoms with Crippen LogP contribution < -0.4 is 5.32 Å². The maximum Gasteiger partial charge on any atom is 0.0363 e. The molecule has 2 saturated heterocycles. The maximum atomic E-state index is 11.2. The van der Waals surface area contributed by atoms with Gasteiger partial charge in [0, 0.05) is 59.8 Å². The van der Waals surface area contributed by atoms with E-state index in [1.807, 2.05) is 11.8 Å². The minimum Gasteiger partial charge on any atom is -0.314 e. The first kappa shape index (κ1) is 10.9. The van der Waals surface area contributed by atoms with E-state index in [9.17, 15) is 4.21 Å². The second-order valence-corrected chi connectivity index (χ2v) is 6.66. The Morgan fingerprint density at radius 2 is 2.07 bits per heavy atom. The third-order valence-electron chi connectivity index (χ3n) is 3.11. The van der Waals surface area contributed by atoms with Gasteiger partial charge in [-0.3, -0.25) is 9.11 Å². The maximum absolute atomic E-state index is 11.2. The van der Waals surface area contributed by atoms with Crippen molar-refractivity contribution in [2.75, 3.05) is 43.9 Å². The minimum atomic E-state index is -0.543. The Morgan fingerprint density at radius 3 is 2.71 bits per heavy atom. The van der Waals surface area contributed by atoms with Gasteiger partial charge in [0.1, 0.15) is 0 Å². The normalized spacial score (nSPS) is 36.4. The molecule has 0 aliphatic carbocycles. The smallest absolute Gasteiger partial charge is 0.0363 e. The van der Waals surface area contributed by atoms with Crippen LogP contribution in [0.1, 0.15) is 0 Å². The van der Waals surface area contributed by atoms with Crippen LogP contribution >= 0.6 is 11.8 Å². The molecule has 5 heteroatoms. The van der Waals surface area contributed by atoms with Gasteiger partial charge in [0.05, 0.1) is 0 Å². The topological polar surface area (TPSA) is 32.3 Å². The van der Waals surface area contributed by atoms with E-state index in [0.29, 0.717) is 6.04 Å². The summed E-state index contributed by atoms with van der Waals surface area (Å²) in [6.07, 6.45) is 2.19. The number of nitrogens with one attached hydrogen (secondary N) is 1. The van der Waals surface area contributed by atoms with Crippen molar-refractivity contribution in [2.24, 2.45) is 0 Å². The van der Waals surface area contributed by atoms with Gasteiger partial charge in [0.2, 0.25) is 0 Å². The van der Waals surface area contributed by atoms with Crippen molar-refractivity contribution in [3.05, 3.63) is 0 Å². The standard InChI is InChI=1S/C9H18N2OS2/c1-13-9-7-10-6-8(9)11-2-4-14(12)5-3-11/h8-10H,2-7H2,1H3. The quantitative estimate of drug-likeness (QED) is 0.714. The van der Waals surface area contributed by atoms with Gasteiger partial charge in [-0.15, -0.1) is 0 Å². The Morgan fingerprint density at radius 1 is 1.36 bits per heavy atom. The first-order chi connectivity index (χ1) is 6.81. The van der Waals surface area contributed by atoms with Gasteiger partial charge in [-0.05, 0) is 6.26 Å². The summed E-state index contributed by atoms with van der Waals surface area (Å²) < 4.78 is 11.2. The average molecular weight is 234 g/mol. The average Bonchev–Trinajstić information content (AvgIpc) is 2.67. The first-order valence-corrected chi connectivity index (χ1v) is 7.91. The van der Waals surface area contributed by atoms with Crippen molar-refractivity contribution in [2.45, 2.75) is 11.3 Å². The summed E-state index contributed by atoms with van der Waals surface area (Å²) in [5.74, 6) is 1.75. The van der Waals surface area contributed by atoms with Crippen molar-refractivity contribution < 1.29 is 4.21 Å². The zero-order valence-corrected chi connectivity index (χ0v) is 10.2. The van der Waals surface area contributed by atoms with Crippen molar-refractivity contribution in [3.63, 3.8) is 0 Å². The van der Waals surface area contributed by atoms with Crippen LogP contribution in [0.15, 0.2) is 0 Å². The van der Waals surface area contributed by atoms with Gasteiger partial charge >= 0.3 is 0 Å². The largest absolute Gasteiger partial charge is 0.314 e. The van der Waals surface area contributed by atoms with E-state index in [1.54, 1.807) is 0 Å². The van der Waals surface area contributed by atoms with Gasteiger partial charge < -0.3 is 5.32 Å². The second-order valence-electron chi connectivity index (χ2n) is 3.88. The van der Waals surface area contributed by atoms with Gasteiger partial charge in [0.25, 0.3) is 0 Å². The molecule has 2 aliphatic heterocycles. The highest BCUT2D eigenvalue weighted by molar-refractivity contribution is 7.99. The summed E-state index contributed by atoms with van der Waals surface area (Å²) in [4.78, 5) is 2.52. The number of rotatable bonds is 2. The van der Waals surface area contributed by atoms with Crippen molar-refractivity contribution in [1.82, 2.24) is 10.2 Å². The molecule has 14 heavy (non-hydrogen) atoms. The third-order valence-corrected chi connectivity index (χ3v) is 5.47. The van der Waals surface area contributed by atoms with Crippen LogP contribution in [0.3, 0.4) is 0 Å². The van der Waals surface area contributed by atoms with Crippen LogP contribution in [-0.4, -0.2) is 64.3 Å². The molecule has 2 atom stereocenters. The van der Waals surface area contributed by atoms with E-state index in [-0.39, 0.29) is 0 Å². The van der Waals surface area contributed by atoms with E-state index in [4.69, 9.17) is 0 Å². The summed E-state index contributed by atoms with van der Waals surface area (Å²) in [6.45, 7) is 4.29. The van der Waals surface area contributed by atoms with Crippen molar-refractivity contribution >= 4 is 22.6 Å². The minimum absolute atomic E-state index is 0.543. The summed E-state index contributed by atoms with van der Waals surface area (Å²) in [5.41, 5.74) is 0. The van der Waals surface area contributed by atoms with Gasteiger partial charge in [-0.1, -0.05) is 0 Å². The fourth-order valence-electron chi connectivity index (χ4n) is 2.23. The molecule has 0 aromatic rings. The van der Waals surface area contributed by atoms with Crippen LogP contribution in [0.4, 0.5) is 0 Å². The predicted octanol–water partition coefficient (Wildman–Crippen LogP) is -0.246. The highest BCUT2D eigenvalue weighted by Gasteiger charge is 2.32. The van der Waals surface area contributed by atoms with Crippen LogP contribution in [-0.2, 0) is 10.8 Å². The lowest BCUT2D eigenvalue weighted by Crippen LogP contribution is -2.48. The molecule has 0 aromatic carbocycles.